The van der Waals surface area contributed by atoms with E-state index in [1.807, 2.05) is 6.07 Å². The molecule has 0 amide bonds. The van der Waals surface area contributed by atoms with Crippen LogP contribution in [-0.4, -0.2) is 9.91 Å². The normalized spacial score (nSPS) is 11.5. The minimum absolute atomic E-state index is 0.0512. The molecule has 104 valence electrons. The maximum absolute atomic E-state index is 11.2. The molecule has 1 aromatic heterocycles. The number of nitro benzene ring substituents is 1. The maximum atomic E-state index is 11.2. The monoisotopic (exact) mass is 299 g/mol. The molecule has 0 atom stereocenters. The van der Waals surface area contributed by atoms with Crippen LogP contribution >= 0.6 is 11.6 Å². The Bertz CT molecular complexity index is 764. The predicted octanol–water partition coefficient (Wildman–Crippen LogP) is 3.93. The van der Waals surface area contributed by atoms with Crippen LogP contribution in [0.15, 0.2) is 42.7 Å². The van der Waals surface area contributed by atoms with Crippen molar-refractivity contribution in [1.82, 2.24) is 4.98 Å². The van der Waals surface area contributed by atoms with Crippen LogP contribution in [0.3, 0.4) is 0 Å². The van der Waals surface area contributed by atoms with Crippen molar-refractivity contribution in [2.75, 3.05) is 0 Å². The number of pyridine rings is 1. The number of benzene rings is 1. The van der Waals surface area contributed by atoms with E-state index in [4.69, 9.17) is 11.6 Å². The number of nitriles is 1. The van der Waals surface area contributed by atoms with Gasteiger partial charge in [-0.25, -0.2) is 0 Å². The Kier molecular flexibility index (Phi) is 4.31. The largest absolute Gasteiger partial charge is 0.278 e. The minimum Gasteiger partial charge on any atom is -0.264 e. The number of hydrogen-bond acceptors (Lipinski definition) is 4. The van der Waals surface area contributed by atoms with Gasteiger partial charge in [0.25, 0.3) is 5.69 Å². The fourth-order valence-electron chi connectivity index (χ4n) is 1.97. The summed E-state index contributed by atoms with van der Waals surface area (Å²) < 4.78 is 0. The molecule has 0 unspecified atom stereocenters. The maximum Gasteiger partial charge on any atom is 0.278 e. The van der Waals surface area contributed by atoms with Crippen LogP contribution in [0.1, 0.15) is 16.7 Å². The van der Waals surface area contributed by atoms with Crippen molar-refractivity contribution in [3.05, 3.63) is 69.5 Å². The van der Waals surface area contributed by atoms with E-state index in [0.717, 1.165) is 0 Å². The molecule has 21 heavy (non-hydrogen) atoms. The molecule has 0 saturated carbocycles. The fraction of sp³-hybridized carbons (Fsp3) is 0.0667. The van der Waals surface area contributed by atoms with Crippen LogP contribution in [0.5, 0.6) is 0 Å². The van der Waals surface area contributed by atoms with E-state index in [0.29, 0.717) is 11.1 Å². The molecule has 2 rings (SSSR count). The number of halogens is 1. The molecule has 0 aliphatic rings. The van der Waals surface area contributed by atoms with E-state index in [2.05, 4.69) is 4.98 Å². The zero-order chi connectivity index (χ0) is 15.4. The highest BCUT2D eigenvalue weighted by Gasteiger charge is 2.21. The van der Waals surface area contributed by atoms with Gasteiger partial charge in [-0.05, 0) is 18.6 Å². The molecule has 0 bridgehead atoms. The summed E-state index contributed by atoms with van der Waals surface area (Å²) in [6.07, 6.45) is 3.06. The number of nitrogens with zero attached hydrogens (tertiary/aromatic N) is 3. The Hall–Kier alpha value is -2.71. The van der Waals surface area contributed by atoms with Crippen LogP contribution in [0, 0.1) is 28.4 Å². The van der Waals surface area contributed by atoms with E-state index in [9.17, 15) is 15.4 Å². The number of rotatable bonds is 3. The van der Waals surface area contributed by atoms with Gasteiger partial charge in [0.1, 0.15) is 6.07 Å². The zero-order valence-electron chi connectivity index (χ0n) is 11.1. The second-order valence-corrected chi connectivity index (χ2v) is 4.65. The first-order valence-electron chi connectivity index (χ1n) is 6.01. The van der Waals surface area contributed by atoms with Crippen molar-refractivity contribution in [3.63, 3.8) is 0 Å². The fourth-order valence-corrected chi connectivity index (χ4v) is 2.36. The van der Waals surface area contributed by atoms with Gasteiger partial charge in [-0.2, -0.15) is 5.26 Å². The summed E-state index contributed by atoms with van der Waals surface area (Å²) in [5, 5.41) is 20.5. The van der Waals surface area contributed by atoms with Gasteiger partial charge < -0.3 is 0 Å². The SMILES string of the molecule is Cc1cccc([N+](=O)[O-])c1/C(Cl)=C(/C#N)c1cccnc1. The summed E-state index contributed by atoms with van der Waals surface area (Å²) in [7, 11) is 0. The van der Waals surface area contributed by atoms with Crippen molar-refractivity contribution < 1.29 is 4.92 Å². The molecule has 6 heteroatoms. The highest BCUT2D eigenvalue weighted by molar-refractivity contribution is 6.54. The zero-order valence-corrected chi connectivity index (χ0v) is 11.8. The van der Waals surface area contributed by atoms with Gasteiger partial charge in [0.2, 0.25) is 0 Å². The lowest BCUT2D eigenvalue weighted by Gasteiger charge is -2.08. The molecule has 0 spiro atoms. The van der Waals surface area contributed by atoms with Gasteiger partial charge in [0.15, 0.2) is 0 Å². The lowest BCUT2D eigenvalue weighted by atomic mass is 10.0. The smallest absolute Gasteiger partial charge is 0.264 e. The van der Waals surface area contributed by atoms with Gasteiger partial charge in [0.05, 0.1) is 21.1 Å². The van der Waals surface area contributed by atoms with Gasteiger partial charge >= 0.3 is 0 Å². The molecule has 0 aliphatic heterocycles. The van der Waals surface area contributed by atoms with Crippen molar-refractivity contribution >= 4 is 27.9 Å². The van der Waals surface area contributed by atoms with Crippen LogP contribution < -0.4 is 0 Å². The topological polar surface area (TPSA) is 79.8 Å². The summed E-state index contributed by atoms with van der Waals surface area (Å²) >= 11 is 6.29. The van der Waals surface area contributed by atoms with E-state index < -0.39 is 4.92 Å². The number of aryl methyl sites for hydroxylation is 1. The Morgan fingerprint density at radius 1 is 1.38 bits per heavy atom. The standard InChI is InChI=1S/C15H10ClN3O2/c1-10-4-2-6-13(19(20)21)14(10)15(16)12(8-17)11-5-3-7-18-9-11/h2-7,9H,1H3/b15-12+. The van der Waals surface area contributed by atoms with E-state index in [1.54, 1.807) is 37.4 Å². The van der Waals surface area contributed by atoms with Crippen LogP contribution in [0.25, 0.3) is 10.6 Å². The van der Waals surface area contributed by atoms with E-state index >= 15 is 0 Å². The second kappa shape index (κ2) is 6.16. The Balaban J connectivity index is 2.74. The lowest BCUT2D eigenvalue weighted by Crippen LogP contribution is -1.97. The summed E-state index contributed by atoms with van der Waals surface area (Å²) in [6, 6.07) is 10.00. The van der Waals surface area contributed by atoms with Crippen LogP contribution in [0.4, 0.5) is 5.69 Å². The highest BCUT2D eigenvalue weighted by Crippen LogP contribution is 2.36. The number of allylic oxidation sites excluding steroid dienone is 1. The van der Waals surface area contributed by atoms with Gasteiger partial charge in [-0.1, -0.05) is 29.8 Å². The first kappa shape index (κ1) is 14.7. The number of aromatic nitrogens is 1. The summed E-state index contributed by atoms with van der Waals surface area (Å²) in [5.74, 6) is 0. The molecule has 0 radical (unpaired) electrons. The van der Waals surface area contributed by atoms with E-state index in [1.165, 1.54) is 12.3 Å². The van der Waals surface area contributed by atoms with Gasteiger partial charge in [0, 0.05) is 24.0 Å². The van der Waals surface area contributed by atoms with Crippen molar-refractivity contribution in [2.45, 2.75) is 6.92 Å². The molecular formula is C15H10ClN3O2. The summed E-state index contributed by atoms with van der Waals surface area (Å²) in [4.78, 5) is 14.6. The average Bonchev–Trinajstić information content (AvgIpc) is 2.48. The molecule has 0 N–H and O–H groups in total. The Labute approximate surface area is 126 Å². The summed E-state index contributed by atoms with van der Waals surface area (Å²) in [5.41, 5.74) is 1.43. The minimum atomic E-state index is -0.511. The molecule has 0 fully saturated rings. The van der Waals surface area contributed by atoms with Crippen LogP contribution in [0.2, 0.25) is 0 Å². The second-order valence-electron chi connectivity index (χ2n) is 4.27. The molecule has 0 aliphatic carbocycles. The predicted molar refractivity (Wildman–Crippen MR) is 80.4 cm³/mol. The first-order valence-corrected chi connectivity index (χ1v) is 6.38. The molecule has 1 heterocycles. The Morgan fingerprint density at radius 3 is 2.71 bits per heavy atom. The van der Waals surface area contributed by atoms with Crippen molar-refractivity contribution in [3.8, 4) is 6.07 Å². The van der Waals surface area contributed by atoms with Gasteiger partial charge in [-0.15, -0.1) is 0 Å². The number of hydrogen-bond donors (Lipinski definition) is 0. The van der Waals surface area contributed by atoms with Crippen LogP contribution in [-0.2, 0) is 0 Å². The number of nitro groups is 1. The van der Waals surface area contributed by atoms with Crippen molar-refractivity contribution in [2.24, 2.45) is 0 Å². The Morgan fingerprint density at radius 2 is 2.14 bits per heavy atom. The first-order chi connectivity index (χ1) is 10.1. The average molecular weight is 300 g/mol. The highest BCUT2D eigenvalue weighted by atomic mass is 35.5. The lowest BCUT2D eigenvalue weighted by molar-refractivity contribution is -0.385. The summed E-state index contributed by atoms with van der Waals surface area (Å²) in [6.45, 7) is 1.71. The van der Waals surface area contributed by atoms with E-state index in [-0.39, 0.29) is 21.9 Å². The third-order valence-electron chi connectivity index (χ3n) is 2.95. The van der Waals surface area contributed by atoms with Crippen molar-refractivity contribution in [1.29, 1.82) is 5.26 Å². The van der Waals surface area contributed by atoms with Gasteiger partial charge in [-0.3, -0.25) is 15.1 Å². The third kappa shape index (κ3) is 2.91. The quantitative estimate of drug-likeness (QED) is 0.488. The molecule has 0 saturated heterocycles. The molecule has 1 aromatic carbocycles. The molecule has 2 aromatic rings. The third-order valence-corrected chi connectivity index (χ3v) is 3.33. The molecular weight excluding hydrogens is 290 g/mol. The molecule has 5 nitrogen and oxygen atoms in total.